The lowest BCUT2D eigenvalue weighted by atomic mass is 9.90. The molecule has 2 N–H and O–H groups in total. The standard InChI is InChI=1S/C14H20N2O/c1-15-10-9-14(17)16-13-8-4-6-11-5-2-3-7-12(11)13/h4,6,8,15H,2-3,5,7,9-10H2,1H3,(H,16,17). The summed E-state index contributed by atoms with van der Waals surface area (Å²) in [4.78, 5) is 11.7. The first kappa shape index (κ1) is 12.1. The van der Waals surface area contributed by atoms with Crippen molar-refractivity contribution in [2.24, 2.45) is 0 Å². The molecule has 1 aromatic rings. The Morgan fingerprint density at radius 1 is 1.29 bits per heavy atom. The average Bonchev–Trinajstić information content (AvgIpc) is 2.37. The molecule has 0 heterocycles. The molecule has 0 saturated carbocycles. The van der Waals surface area contributed by atoms with Crippen molar-refractivity contribution >= 4 is 11.6 Å². The first-order valence-corrected chi connectivity index (χ1v) is 6.36. The number of anilines is 1. The molecule has 0 unspecified atom stereocenters. The quantitative estimate of drug-likeness (QED) is 0.835. The molecule has 2 rings (SSSR count). The van der Waals surface area contributed by atoms with Gasteiger partial charge in [0.1, 0.15) is 0 Å². The lowest BCUT2D eigenvalue weighted by Crippen LogP contribution is -2.20. The number of rotatable bonds is 4. The van der Waals surface area contributed by atoms with E-state index >= 15 is 0 Å². The van der Waals surface area contributed by atoms with Crippen LogP contribution in [0.3, 0.4) is 0 Å². The van der Waals surface area contributed by atoms with Crippen molar-refractivity contribution in [1.29, 1.82) is 0 Å². The van der Waals surface area contributed by atoms with Crippen LogP contribution in [0.15, 0.2) is 18.2 Å². The summed E-state index contributed by atoms with van der Waals surface area (Å²) in [5, 5.41) is 6.01. The maximum Gasteiger partial charge on any atom is 0.225 e. The van der Waals surface area contributed by atoms with Crippen molar-refractivity contribution in [2.45, 2.75) is 32.1 Å². The van der Waals surface area contributed by atoms with Gasteiger partial charge in [0.25, 0.3) is 0 Å². The second-order valence-electron chi connectivity index (χ2n) is 4.55. The molecule has 1 aliphatic carbocycles. The van der Waals surface area contributed by atoms with Gasteiger partial charge in [0.15, 0.2) is 0 Å². The molecule has 0 fully saturated rings. The van der Waals surface area contributed by atoms with Crippen LogP contribution >= 0.6 is 0 Å². The summed E-state index contributed by atoms with van der Waals surface area (Å²) in [6.07, 6.45) is 5.27. The highest BCUT2D eigenvalue weighted by atomic mass is 16.1. The fraction of sp³-hybridized carbons (Fsp3) is 0.500. The zero-order chi connectivity index (χ0) is 12.1. The monoisotopic (exact) mass is 232 g/mol. The highest BCUT2D eigenvalue weighted by Crippen LogP contribution is 2.27. The summed E-state index contributed by atoms with van der Waals surface area (Å²) in [5.41, 5.74) is 3.77. The Balaban J connectivity index is 2.08. The highest BCUT2D eigenvalue weighted by Gasteiger charge is 2.13. The number of hydrogen-bond donors (Lipinski definition) is 2. The van der Waals surface area contributed by atoms with Crippen LogP contribution in [0.2, 0.25) is 0 Å². The van der Waals surface area contributed by atoms with E-state index in [1.54, 1.807) is 0 Å². The molecule has 0 atom stereocenters. The van der Waals surface area contributed by atoms with E-state index in [4.69, 9.17) is 0 Å². The minimum absolute atomic E-state index is 0.0957. The van der Waals surface area contributed by atoms with Crippen molar-refractivity contribution in [3.63, 3.8) is 0 Å². The number of benzene rings is 1. The molecule has 0 aliphatic heterocycles. The Labute approximate surface area is 103 Å². The van der Waals surface area contributed by atoms with E-state index in [9.17, 15) is 4.79 Å². The number of carbonyl (C=O) groups excluding carboxylic acids is 1. The third-order valence-corrected chi connectivity index (χ3v) is 3.27. The molecule has 17 heavy (non-hydrogen) atoms. The van der Waals surface area contributed by atoms with Crippen LogP contribution in [0.1, 0.15) is 30.4 Å². The predicted octanol–water partition coefficient (Wildman–Crippen LogP) is 2.11. The number of hydrogen-bond acceptors (Lipinski definition) is 2. The van der Waals surface area contributed by atoms with Gasteiger partial charge < -0.3 is 10.6 Å². The van der Waals surface area contributed by atoms with E-state index < -0.39 is 0 Å². The Morgan fingerprint density at radius 2 is 2.12 bits per heavy atom. The van der Waals surface area contributed by atoms with Gasteiger partial charge in [0, 0.05) is 18.7 Å². The first-order chi connectivity index (χ1) is 8.31. The molecule has 3 heteroatoms. The third-order valence-electron chi connectivity index (χ3n) is 3.27. The van der Waals surface area contributed by atoms with Gasteiger partial charge in [-0.2, -0.15) is 0 Å². The van der Waals surface area contributed by atoms with Gasteiger partial charge in [0.05, 0.1) is 0 Å². The first-order valence-electron chi connectivity index (χ1n) is 6.36. The van der Waals surface area contributed by atoms with Crippen LogP contribution < -0.4 is 10.6 Å². The molecule has 0 radical (unpaired) electrons. The predicted molar refractivity (Wildman–Crippen MR) is 70.3 cm³/mol. The van der Waals surface area contributed by atoms with Crippen LogP contribution in [0.4, 0.5) is 5.69 Å². The van der Waals surface area contributed by atoms with E-state index in [-0.39, 0.29) is 5.91 Å². The molecular weight excluding hydrogens is 212 g/mol. The normalized spacial score (nSPS) is 14.2. The van der Waals surface area contributed by atoms with Crippen LogP contribution in [-0.2, 0) is 17.6 Å². The van der Waals surface area contributed by atoms with Gasteiger partial charge in [0.2, 0.25) is 5.91 Å². The van der Waals surface area contributed by atoms with E-state index in [0.717, 1.165) is 25.1 Å². The Morgan fingerprint density at radius 3 is 2.94 bits per heavy atom. The highest BCUT2D eigenvalue weighted by molar-refractivity contribution is 5.91. The summed E-state index contributed by atoms with van der Waals surface area (Å²) in [6.45, 7) is 0.723. The average molecular weight is 232 g/mol. The summed E-state index contributed by atoms with van der Waals surface area (Å²) in [5.74, 6) is 0.0957. The van der Waals surface area contributed by atoms with Gasteiger partial charge in [-0.25, -0.2) is 0 Å². The number of nitrogens with one attached hydrogen (secondary N) is 2. The second-order valence-corrected chi connectivity index (χ2v) is 4.55. The number of aryl methyl sites for hydroxylation is 1. The van der Waals surface area contributed by atoms with E-state index in [1.165, 1.54) is 24.0 Å². The molecule has 92 valence electrons. The minimum Gasteiger partial charge on any atom is -0.326 e. The van der Waals surface area contributed by atoms with Crippen molar-refractivity contribution in [1.82, 2.24) is 5.32 Å². The van der Waals surface area contributed by atoms with Crippen LogP contribution in [0, 0.1) is 0 Å². The van der Waals surface area contributed by atoms with Crippen LogP contribution in [0.5, 0.6) is 0 Å². The van der Waals surface area contributed by atoms with Gasteiger partial charge in [-0.1, -0.05) is 12.1 Å². The molecule has 1 aromatic carbocycles. The van der Waals surface area contributed by atoms with Gasteiger partial charge in [-0.15, -0.1) is 0 Å². The smallest absolute Gasteiger partial charge is 0.225 e. The lowest BCUT2D eigenvalue weighted by molar-refractivity contribution is -0.116. The SMILES string of the molecule is CNCCC(=O)Nc1cccc2c1CCCC2. The van der Waals surface area contributed by atoms with Gasteiger partial charge in [-0.05, 0) is 49.9 Å². The fourth-order valence-corrected chi connectivity index (χ4v) is 2.35. The maximum atomic E-state index is 11.7. The van der Waals surface area contributed by atoms with E-state index in [0.29, 0.717) is 6.42 Å². The van der Waals surface area contributed by atoms with E-state index in [2.05, 4.69) is 16.7 Å². The topological polar surface area (TPSA) is 41.1 Å². The minimum atomic E-state index is 0.0957. The fourth-order valence-electron chi connectivity index (χ4n) is 2.35. The van der Waals surface area contributed by atoms with Crippen molar-refractivity contribution < 1.29 is 4.79 Å². The molecule has 1 aliphatic rings. The summed E-state index contributed by atoms with van der Waals surface area (Å²) in [6, 6.07) is 6.23. The molecule has 0 aromatic heterocycles. The Bertz CT molecular complexity index is 401. The Kier molecular flexibility index (Phi) is 4.15. The number of carbonyl (C=O) groups is 1. The lowest BCUT2D eigenvalue weighted by Gasteiger charge is -2.19. The molecule has 0 saturated heterocycles. The van der Waals surface area contributed by atoms with Gasteiger partial charge in [-0.3, -0.25) is 4.79 Å². The molecule has 0 bridgehead atoms. The molecule has 0 spiro atoms. The zero-order valence-corrected chi connectivity index (χ0v) is 10.4. The second kappa shape index (κ2) is 5.82. The van der Waals surface area contributed by atoms with E-state index in [1.807, 2.05) is 19.2 Å². The van der Waals surface area contributed by atoms with Crippen molar-refractivity contribution in [2.75, 3.05) is 18.9 Å². The molecule has 3 nitrogen and oxygen atoms in total. The van der Waals surface area contributed by atoms with Crippen molar-refractivity contribution in [3.05, 3.63) is 29.3 Å². The third kappa shape index (κ3) is 3.07. The Hall–Kier alpha value is -1.35. The number of fused-ring (bicyclic) bond motifs is 1. The van der Waals surface area contributed by atoms with Gasteiger partial charge >= 0.3 is 0 Å². The van der Waals surface area contributed by atoms with Crippen LogP contribution in [-0.4, -0.2) is 19.5 Å². The van der Waals surface area contributed by atoms with Crippen molar-refractivity contribution in [3.8, 4) is 0 Å². The number of amides is 1. The molecular formula is C14H20N2O. The maximum absolute atomic E-state index is 11.7. The summed E-state index contributed by atoms with van der Waals surface area (Å²) < 4.78 is 0. The summed E-state index contributed by atoms with van der Waals surface area (Å²) in [7, 11) is 1.86. The zero-order valence-electron chi connectivity index (χ0n) is 10.4. The largest absolute Gasteiger partial charge is 0.326 e. The summed E-state index contributed by atoms with van der Waals surface area (Å²) >= 11 is 0. The molecule has 1 amide bonds. The van der Waals surface area contributed by atoms with Crippen LogP contribution in [0.25, 0.3) is 0 Å².